The van der Waals surface area contributed by atoms with E-state index in [-0.39, 0.29) is 11.5 Å². The molecule has 2 atom stereocenters. The number of likely N-dealkylation sites (N-methyl/N-ethyl adjacent to an activating group) is 1. The van der Waals surface area contributed by atoms with E-state index in [4.69, 9.17) is 18.9 Å². The van der Waals surface area contributed by atoms with E-state index in [1.54, 1.807) is 14.2 Å². The lowest BCUT2D eigenvalue weighted by atomic mass is 9.68. The Bertz CT molecular complexity index is 767. The fourth-order valence-corrected chi connectivity index (χ4v) is 4.32. The van der Waals surface area contributed by atoms with E-state index >= 15 is 0 Å². The molecule has 0 unspecified atom stereocenters. The van der Waals surface area contributed by atoms with Crippen LogP contribution in [0.5, 0.6) is 11.5 Å². The molecule has 1 aliphatic carbocycles. The summed E-state index contributed by atoms with van der Waals surface area (Å²) in [6, 6.07) is 6.32. The van der Waals surface area contributed by atoms with Gasteiger partial charge in [-0.15, -0.1) is 0 Å². The first-order chi connectivity index (χ1) is 13.2. The summed E-state index contributed by atoms with van der Waals surface area (Å²) in [5.41, 5.74) is 0.627. The molecule has 0 aromatic heterocycles. The molecule has 3 rings (SSSR count). The lowest BCUT2D eigenvalue weighted by molar-refractivity contribution is 0.00355. The summed E-state index contributed by atoms with van der Waals surface area (Å²) >= 11 is 0. The molecular formula is C22H31NO5. The smallest absolute Gasteiger partial charge is 0.493 e. The predicted octanol–water partition coefficient (Wildman–Crippen LogP) is 4.28. The first-order valence-electron chi connectivity index (χ1n) is 9.73. The molecule has 0 N–H and O–H groups in total. The van der Waals surface area contributed by atoms with Crippen molar-refractivity contribution in [3.8, 4) is 11.5 Å². The number of carbonyl (C=O) groups is 1. The Hall–Kier alpha value is -2.21. The van der Waals surface area contributed by atoms with Gasteiger partial charge in [0.2, 0.25) is 0 Å². The second-order valence-corrected chi connectivity index (χ2v) is 8.60. The topological polar surface area (TPSA) is 57.2 Å². The van der Waals surface area contributed by atoms with Gasteiger partial charge in [0.05, 0.1) is 14.2 Å². The third-order valence-electron chi connectivity index (χ3n) is 5.68. The number of allylic oxidation sites excluding steroid dienone is 1. The van der Waals surface area contributed by atoms with Crippen molar-refractivity contribution < 1.29 is 23.7 Å². The zero-order valence-corrected chi connectivity index (χ0v) is 17.7. The Labute approximate surface area is 167 Å². The van der Waals surface area contributed by atoms with Crippen LogP contribution in [0.1, 0.15) is 45.6 Å². The summed E-state index contributed by atoms with van der Waals surface area (Å²) in [5, 5.41) is 0. The summed E-state index contributed by atoms with van der Waals surface area (Å²) in [6.45, 7) is 6.47. The highest BCUT2D eigenvalue weighted by molar-refractivity contribution is 5.62. The van der Waals surface area contributed by atoms with Crippen LogP contribution in [0.15, 0.2) is 30.0 Å². The number of hydrogen-bond acceptors (Lipinski definition) is 6. The van der Waals surface area contributed by atoms with Gasteiger partial charge in [-0.1, -0.05) is 6.07 Å². The van der Waals surface area contributed by atoms with Crippen LogP contribution in [0.2, 0.25) is 0 Å². The summed E-state index contributed by atoms with van der Waals surface area (Å²) in [7, 11) is 5.41. The van der Waals surface area contributed by atoms with Crippen molar-refractivity contribution in [2.45, 2.75) is 57.1 Å². The van der Waals surface area contributed by atoms with Crippen LogP contribution in [0.4, 0.5) is 4.79 Å². The molecule has 0 bridgehead atoms. The zero-order chi connectivity index (χ0) is 20.5. The fourth-order valence-electron chi connectivity index (χ4n) is 4.32. The number of ether oxygens (including phenoxy) is 4. The summed E-state index contributed by atoms with van der Waals surface area (Å²) in [6.07, 6.45) is 4.07. The number of fused-ring (bicyclic) bond motifs is 1. The highest BCUT2D eigenvalue weighted by atomic mass is 16.7. The standard InChI is InChI=1S/C22H31NO5/c1-21(2,3)28-20(24)27-16-9-10-22(11-12-23(4)19(22)14-16)15-7-8-17(25-5)18(13-15)26-6/h7-8,13-14,19H,9-12H2,1-6H3/t19-,22-/m0/s1. The van der Waals surface area contributed by atoms with E-state index in [0.29, 0.717) is 12.2 Å². The number of carbonyl (C=O) groups excluding carboxylic acids is 1. The van der Waals surface area contributed by atoms with Crippen molar-refractivity contribution in [3.05, 3.63) is 35.6 Å². The van der Waals surface area contributed by atoms with Gasteiger partial charge in [-0.3, -0.25) is 4.90 Å². The van der Waals surface area contributed by atoms with Gasteiger partial charge in [0.1, 0.15) is 11.4 Å². The van der Waals surface area contributed by atoms with Gasteiger partial charge >= 0.3 is 6.16 Å². The van der Waals surface area contributed by atoms with Gasteiger partial charge in [-0.05, 0) is 71.0 Å². The van der Waals surface area contributed by atoms with Crippen molar-refractivity contribution in [1.82, 2.24) is 4.90 Å². The SMILES string of the molecule is COc1ccc([C@@]23CCC(OC(=O)OC(C)(C)C)=C[C@@H]2N(C)CC3)cc1OC. The molecule has 1 aromatic carbocycles. The van der Waals surface area contributed by atoms with Gasteiger partial charge in [-0.25, -0.2) is 4.79 Å². The lowest BCUT2D eigenvalue weighted by Crippen LogP contribution is -2.42. The molecule has 1 aromatic rings. The van der Waals surface area contributed by atoms with Gasteiger partial charge in [0.25, 0.3) is 0 Å². The number of rotatable bonds is 4. The van der Waals surface area contributed by atoms with Crippen molar-refractivity contribution in [3.63, 3.8) is 0 Å². The molecule has 1 fully saturated rings. The van der Waals surface area contributed by atoms with E-state index in [1.165, 1.54) is 5.56 Å². The zero-order valence-electron chi connectivity index (χ0n) is 17.7. The predicted molar refractivity (Wildman–Crippen MR) is 107 cm³/mol. The molecule has 28 heavy (non-hydrogen) atoms. The lowest BCUT2D eigenvalue weighted by Gasteiger charge is -2.40. The first kappa shape index (κ1) is 20.5. The van der Waals surface area contributed by atoms with E-state index in [1.807, 2.05) is 26.8 Å². The highest BCUT2D eigenvalue weighted by Crippen LogP contribution is 2.49. The number of nitrogens with zero attached hydrogens (tertiary/aromatic N) is 1. The average molecular weight is 389 g/mol. The van der Waals surface area contributed by atoms with Crippen LogP contribution in [-0.4, -0.2) is 50.5 Å². The molecule has 1 aliphatic heterocycles. The Morgan fingerprint density at radius 1 is 1.14 bits per heavy atom. The van der Waals surface area contributed by atoms with E-state index < -0.39 is 11.8 Å². The van der Waals surface area contributed by atoms with Crippen LogP contribution < -0.4 is 9.47 Å². The van der Waals surface area contributed by atoms with Gasteiger partial charge < -0.3 is 18.9 Å². The largest absolute Gasteiger partial charge is 0.514 e. The second-order valence-electron chi connectivity index (χ2n) is 8.60. The maximum absolute atomic E-state index is 12.1. The average Bonchev–Trinajstić information content (AvgIpc) is 2.97. The monoisotopic (exact) mass is 389 g/mol. The summed E-state index contributed by atoms with van der Waals surface area (Å²) < 4.78 is 21.7. The molecule has 154 valence electrons. The molecule has 2 aliphatic rings. The molecule has 0 saturated carbocycles. The van der Waals surface area contributed by atoms with Crippen LogP contribution in [0.25, 0.3) is 0 Å². The Morgan fingerprint density at radius 3 is 2.50 bits per heavy atom. The molecule has 1 saturated heterocycles. The van der Waals surface area contributed by atoms with Crippen molar-refractivity contribution in [2.75, 3.05) is 27.8 Å². The normalized spacial score (nSPS) is 24.9. The maximum atomic E-state index is 12.1. The Kier molecular flexibility index (Phi) is 5.62. The van der Waals surface area contributed by atoms with E-state index in [0.717, 1.165) is 30.9 Å². The minimum atomic E-state index is -0.641. The number of methoxy groups -OCH3 is 2. The Morgan fingerprint density at radius 2 is 1.86 bits per heavy atom. The molecule has 1 heterocycles. The minimum Gasteiger partial charge on any atom is -0.493 e. The number of likely N-dealkylation sites (tertiary alicyclic amines) is 1. The molecule has 0 radical (unpaired) electrons. The summed E-state index contributed by atoms with van der Waals surface area (Å²) in [5.74, 6) is 2.15. The van der Waals surface area contributed by atoms with Crippen LogP contribution in [0.3, 0.4) is 0 Å². The van der Waals surface area contributed by atoms with E-state index in [9.17, 15) is 4.79 Å². The fraction of sp³-hybridized carbons (Fsp3) is 0.591. The van der Waals surface area contributed by atoms with Gasteiger partial charge in [-0.2, -0.15) is 0 Å². The Balaban J connectivity index is 1.87. The minimum absolute atomic E-state index is 0.0326. The molecule has 0 amide bonds. The molecule has 0 spiro atoms. The van der Waals surface area contributed by atoms with Gasteiger partial charge in [0, 0.05) is 17.9 Å². The first-order valence-corrected chi connectivity index (χ1v) is 9.73. The second kappa shape index (κ2) is 7.66. The highest BCUT2D eigenvalue weighted by Gasteiger charge is 2.48. The quantitative estimate of drug-likeness (QED) is 0.717. The molecular weight excluding hydrogens is 358 g/mol. The van der Waals surface area contributed by atoms with E-state index in [2.05, 4.69) is 30.2 Å². The molecule has 6 heteroatoms. The van der Waals surface area contributed by atoms with Crippen LogP contribution in [0, 0.1) is 0 Å². The van der Waals surface area contributed by atoms with Crippen molar-refractivity contribution in [2.24, 2.45) is 0 Å². The third-order valence-corrected chi connectivity index (χ3v) is 5.68. The van der Waals surface area contributed by atoms with Crippen molar-refractivity contribution >= 4 is 6.16 Å². The molecule has 6 nitrogen and oxygen atoms in total. The van der Waals surface area contributed by atoms with Crippen molar-refractivity contribution in [1.29, 1.82) is 0 Å². The third kappa shape index (κ3) is 3.97. The van der Waals surface area contributed by atoms with Crippen LogP contribution in [-0.2, 0) is 14.9 Å². The maximum Gasteiger partial charge on any atom is 0.514 e. The van der Waals surface area contributed by atoms with Gasteiger partial charge in [0.15, 0.2) is 11.5 Å². The summed E-state index contributed by atoms with van der Waals surface area (Å²) in [4.78, 5) is 14.4. The number of hydrogen-bond donors (Lipinski definition) is 0. The van der Waals surface area contributed by atoms with Crippen LogP contribution >= 0.6 is 0 Å². The number of benzene rings is 1.